The predicted molar refractivity (Wildman–Crippen MR) is 58.8 cm³/mol. The summed E-state index contributed by atoms with van der Waals surface area (Å²) in [6, 6.07) is 0. The Hall–Kier alpha value is -0.200. The summed E-state index contributed by atoms with van der Waals surface area (Å²) in [5.74, 6) is 0. The minimum absolute atomic E-state index is 0.729. The predicted octanol–water partition coefficient (Wildman–Crippen LogP) is -3.68. The van der Waals surface area contributed by atoms with Gasteiger partial charge in [0.1, 0.15) is 0 Å². The lowest BCUT2D eigenvalue weighted by Gasteiger charge is -2.04. The third-order valence-electron chi connectivity index (χ3n) is 1.98. The van der Waals surface area contributed by atoms with Gasteiger partial charge in [0.05, 0.1) is 19.6 Å². The van der Waals surface area contributed by atoms with Gasteiger partial charge in [0.2, 0.25) is 0 Å². The quantitative estimate of drug-likeness (QED) is 0.225. The maximum absolute atomic E-state index is 5.35. The molecule has 0 aromatic heterocycles. The summed E-state index contributed by atoms with van der Waals surface area (Å²) in [4.78, 5) is 0. The van der Waals surface area contributed by atoms with Crippen LogP contribution >= 0.6 is 0 Å². The summed E-state index contributed by atoms with van der Waals surface area (Å²) < 4.78 is 0. The van der Waals surface area contributed by atoms with E-state index in [1.54, 1.807) is 0 Å². The van der Waals surface area contributed by atoms with Crippen molar-refractivity contribution in [3.8, 4) is 0 Å². The lowest BCUT2D eigenvalue weighted by atomic mass is 10.4. The fraction of sp³-hybridized carbons (Fsp3) is 1.00. The molecule has 0 aliphatic heterocycles. The summed E-state index contributed by atoms with van der Waals surface area (Å²) in [5, 5.41) is 8.96. The van der Waals surface area contributed by atoms with Crippen molar-refractivity contribution in [3.05, 3.63) is 0 Å². The van der Waals surface area contributed by atoms with Crippen molar-refractivity contribution in [3.63, 3.8) is 0 Å². The molecule has 0 atom stereocenters. The van der Waals surface area contributed by atoms with E-state index in [-0.39, 0.29) is 0 Å². The van der Waals surface area contributed by atoms with E-state index in [4.69, 9.17) is 5.73 Å². The van der Waals surface area contributed by atoms with Gasteiger partial charge >= 0.3 is 0 Å². The molecule has 0 saturated heterocycles. The molecule has 9 N–H and O–H groups in total. The monoisotopic (exact) mass is 205 g/mol. The highest BCUT2D eigenvalue weighted by Gasteiger charge is 1.91. The van der Waals surface area contributed by atoms with Crippen LogP contribution in [-0.4, -0.2) is 52.4 Å². The number of nitrogens with one attached hydrogen (secondary N) is 2. The second kappa shape index (κ2) is 12.8. The van der Waals surface area contributed by atoms with Crippen molar-refractivity contribution in [2.24, 2.45) is 5.73 Å². The van der Waals surface area contributed by atoms with Crippen LogP contribution < -0.4 is 27.4 Å². The van der Waals surface area contributed by atoms with Crippen LogP contribution in [0.2, 0.25) is 0 Å². The van der Waals surface area contributed by atoms with Crippen molar-refractivity contribution < 1.29 is 11.1 Å². The molecule has 0 spiro atoms. The summed E-state index contributed by atoms with van der Waals surface area (Å²) in [7, 11) is 0. The summed E-state index contributed by atoms with van der Waals surface area (Å²) >= 11 is 0. The Morgan fingerprint density at radius 1 is 1.00 bits per heavy atom. The lowest BCUT2D eigenvalue weighted by Crippen LogP contribution is -2.87. The number of quaternary nitrogens is 2. The molecule has 0 aromatic carbocycles. The molecule has 0 radical (unpaired) electrons. The van der Waals surface area contributed by atoms with E-state index in [2.05, 4.69) is 21.7 Å². The molecule has 0 unspecified atom stereocenters. The molecule has 0 amide bonds. The first kappa shape index (κ1) is 13.8. The van der Waals surface area contributed by atoms with Crippen LogP contribution in [0.1, 0.15) is 6.42 Å². The second-order valence-corrected chi connectivity index (χ2v) is 3.36. The van der Waals surface area contributed by atoms with Gasteiger partial charge in [-0.25, -0.2) is 0 Å². The van der Waals surface area contributed by atoms with Crippen LogP contribution in [0.15, 0.2) is 0 Å². The van der Waals surface area contributed by atoms with E-state index in [0.717, 1.165) is 52.4 Å². The molecule has 0 aliphatic carbocycles. The first-order valence-corrected chi connectivity index (χ1v) is 5.64. The molecule has 0 heterocycles. The molecule has 0 fully saturated rings. The van der Waals surface area contributed by atoms with Crippen LogP contribution in [0, 0.1) is 0 Å². The fourth-order valence-electron chi connectivity index (χ4n) is 1.15. The van der Waals surface area contributed by atoms with Crippen LogP contribution in [0.3, 0.4) is 0 Å². The molecule has 0 rings (SSSR count). The zero-order valence-corrected chi connectivity index (χ0v) is 9.23. The first-order chi connectivity index (χ1) is 6.91. The average Bonchev–Trinajstić information content (AvgIpc) is 2.21. The molecule has 0 bridgehead atoms. The molecule has 5 nitrogen and oxygen atoms in total. The van der Waals surface area contributed by atoms with E-state index in [9.17, 15) is 0 Å². The van der Waals surface area contributed by atoms with Gasteiger partial charge in [0, 0.05) is 39.1 Å². The van der Waals surface area contributed by atoms with Crippen LogP contribution in [0.25, 0.3) is 0 Å². The molecule has 86 valence electrons. The highest BCUT2D eigenvalue weighted by molar-refractivity contribution is 4.45. The molecular weight excluding hydrogens is 178 g/mol. The van der Waals surface area contributed by atoms with Gasteiger partial charge in [-0.05, 0) is 0 Å². The van der Waals surface area contributed by atoms with E-state index >= 15 is 0 Å². The molecule has 0 saturated carbocycles. The van der Waals surface area contributed by atoms with E-state index in [0.29, 0.717) is 0 Å². The zero-order chi connectivity index (χ0) is 10.5. The number of rotatable bonds is 11. The minimum Gasteiger partial charge on any atom is -0.358 e. The van der Waals surface area contributed by atoms with Gasteiger partial charge in [-0.2, -0.15) is 0 Å². The van der Waals surface area contributed by atoms with Crippen molar-refractivity contribution in [2.45, 2.75) is 6.42 Å². The molecule has 14 heavy (non-hydrogen) atoms. The Labute approximate surface area is 87.0 Å². The standard InChI is InChI=1S/C9H25N5/c10-2-1-4-12-6-8-14-9-7-13-5-3-11/h12-14H,1-11H2/p+2. The Bertz CT molecular complexity index is 87.2. The normalized spacial score (nSPS) is 10.7. The van der Waals surface area contributed by atoms with Gasteiger partial charge in [0.25, 0.3) is 0 Å². The molecule has 5 heteroatoms. The Balaban J connectivity index is 2.78. The van der Waals surface area contributed by atoms with Gasteiger partial charge in [0.15, 0.2) is 0 Å². The number of hydrogen-bond acceptors (Lipinski definition) is 3. The largest absolute Gasteiger partial charge is 0.358 e. The smallest absolute Gasteiger partial charge is 0.0882 e. The van der Waals surface area contributed by atoms with E-state index in [1.807, 2.05) is 0 Å². The van der Waals surface area contributed by atoms with Gasteiger partial charge in [-0.15, -0.1) is 0 Å². The Morgan fingerprint density at radius 3 is 2.21 bits per heavy atom. The molecular formula is C9H27N5+2. The van der Waals surface area contributed by atoms with Crippen molar-refractivity contribution in [1.82, 2.24) is 10.6 Å². The molecule has 0 aliphatic rings. The minimum atomic E-state index is 0.729. The maximum Gasteiger partial charge on any atom is 0.0882 e. The second-order valence-electron chi connectivity index (χ2n) is 3.36. The van der Waals surface area contributed by atoms with Crippen molar-refractivity contribution in [2.75, 3.05) is 52.4 Å². The SMILES string of the molecule is NCCNCC[NH2+]CCNCCC[NH3+]. The lowest BCUT2D eigenvalue weighted by molar-refractivity contribution is -0.651. The number of nitrogens with two attached hydrogens (primary N) is 2. The Kier molecular flexibility index (Phi) is 12.6. The highest BCUT2D eigenvalue weighted by atomic mass is 15.0. The van der Waals surface area contributed by atoms with Crippen LogP contribution in [0.5, 0.6) is 0 Å². The van der Waals surface area contributed by atoms with Crippen LogP contribution in [-0.2, 0) is 0 Å². The van der Waals surface area contributed by atoms with E-state index in [1.165, 1.54) is 6.42 Å². The van der Waals surface area contributed by atoms with Crippen molar-refractivity contribution in [1.29, 1.82) is 0 Å². The van der Waals surface area contributed by atoms with Crippen molar-refractivity contribution >= 4 is 0 Å². The average molecular weight is 205 g/mol. The van der Waals surface area contributed by atoms with Gasteiger partial charge in [-0.3, -0.25) is 0 Å². The Morgan fingerprint density at radius 2 is 1.64 bits per heavy atom. The van der Waals surface area contributed by atoms with E-state index < -0.39 is 0 Å². The zero-order valence-electron chi connectivity index (χ0n) is 9.23. The first-order valence-electron chi connectivity index (χ1n) is 5.64. The highest BCUT2D eigenvalue weighted by Crippen LogP contribution is 1.64. The fourth-order valence-corrected chi connectivity index (χ4v) is 1.15. The summed E-state index contributed by atoms with van der Waals surface area (Å²) in [6.07, 6.45) is 1.18. The molecule has 0 aromatic rings. The van der Waals surface area contributed by atoms with Crippen LogP contribution in [0.4, 0.5) is 0 Å². The third-order valence-corrected chi connectivity index (χ3v) is 1.98. The topological polar surface area (TPSA) is 94.3 Å². The summed E-state index contributed by atoms with van der Waals surface area (Å²) in [5.41, 5.74) is 9.14. The van der Waals surface area contributed by atoms with Gasteiger partial charge < -0.3 is 27.4 Å². The maximum atomic E-state index is 5.35. The van der Waals surface area contributed by atoms with Gasteiger partial charge in [-0.1, -0.05) is 0 Å². The summed E-state index contributed by atoms with van der Waals surface area (Å²) in [6.45, 7) is 8.22. The number of hydrogen-bond donors (Lipinski definition) is 5. The third kappa shape index (κ3) is 11.8.